The molecule has 3 nitrogen and oxygen atoms in total. The molecule has 1 aromatic rings. The Morgan fingerprint density at radius 2 is 2.24 bits per heavy atom. The van der Waals surface area contributed by atoms with Gasteiger partial charge >= 0.3 is 0 Å². The molecular formula is C13H21ClN2O. The van der Waals surface area contributed by atoms with E-state index >= 15 is 0 Å². The molecule has 0 radical (unpaired) electrons. The van der Waals surface area contributed by atoms with Crippen molar-refractivity contribution in [2.45, 2.75) is 32.7 Å². The lowest BCUT2D eigenvalue weighted by Gasteiger charge is -2.17. The summed E-state index contributed by atoms with van der Waals surface area (Å²) in [6, 6.07) is 6.19. The van der Waals surface area contributed by atoms with Gasteiger partial charge in [0.1, 0.15) is 0 Å². The van der Waals surface area contributed by atoms with E-state index in [1.165, 1.54) is 0 Å². The predicted molar refractivity (Wildman–Crippen MR) is 72.0 cm³/mol. The van der Waals surface area contributed by atoms with Gasteiger partial charge < -0.3 is 4.74 Å². The van der Waals surface area contributed by atoms with Gasteiger partial charge in [-0.2, -0.15) is 0 Å². The Kier molecular flexibility index (Phi) is 6.52. The number of aryl methyl sites for hydroxylation is 1. The maximum absolute atomic E-state index is 6.11. The number of nitrogens with one attached hydrogen (secondary N) is 1. The van der Waals surface area contributed by atoms with E-state index in [4.69, 9.17) is 22.2 Å². The van der Waals surface area contributed by atoms with Crippen LogP contribution in [0.25, 0.3) is 0 Å². The van der Waals surface area contributed by atoms with Crippen LogP contribution in [0.1, 0.15) is 36.9 Å². The molecular weight excluding hydrogens is 236 g/mol. The Labute approximate surface area is 108 Å². The van der Waals surface area contributed by atoms with Crippen LogP contribution >= 0.6 is 11.6 Å². The molecule has 0 aromatic heterocycles. The number of nitrogens with two attached hydrogens (primary N) is 1. The number of hydrazine groups is 1. The van der Waals surface area contributed by atoms with E-state index in [0.717, 1.165) is 42.2 Å². The molecule has 1 aromatic carbocycles. The Bertz CT molecular complexity index is 344. The highest BCUT2D eigenvalue weighted by Gasteiger charge is 2.10. The average molecular weight is 257 g/mol. The van der Waals surface area contributed by atoms with Crippen molar-refractivity contribution in [1.29, 1.82) is 0 Å². The summed E-state index contributed by atoms with van der Waals surface area (Å²) < 4.78 is 5.31. The predicted octanol–water partition coefficient (Wildman–Crippen LogP) is 2.97. The van der Waals surface area contributed by atoms with Crippen molar-refractivity contribution in [3.8, 4) is 0 Å². The molecule has 0 fully saturated rings. The molecule has 3 N–H and O–H groups in total. The number of ether oxygens (including phenoxy) is 1. The molecule has 0 aliphatic carbocycles. The third-order valence-corrected chi connectivity index (χ3v) is 3.19. The first-order valence-electron chi connectivity index (χ1n) is 5.99. The standard InChI is InChI=1S/C13H21ClN2O/c1-3-17-8-4-5-13(16-15)11-7-6-10(2)12(14)9-11/h6-7,9,13,16H,3-5,8,15H2,1-2H3. The van der Waals surface area contributed by atoms with Gasteiger partial charge in [-0.25, -0.2) is 0 Å². The number of halogens is 1. The number of benzene rings is 1. The molecule has 0 spiro atoms. The van der Waals surface area contributed by atoms with E-state index < -0.39 is 0 Å². The van der Waals surface area contributed by atoms with Gasteiger partial charge in [-0.15, -0.1) is 0 Å². The minimum Gasteiger partial charge on any atom is -0.382 e. The van der Waals surface area contributed by atoms with Gasteiger partial charge in [-0.05, 0) is 43.9 Å². The second-order valence-corrected chi connectivity index (χ2v) is 4.47. The summed E-state index contributed by atoms with van der Waals surface area (Å²) in [5.41, 5.74) is 5.04. The number of hydrogen-bond acceptors (Lipinski definition) is 3. The maximum atomic E-state index is 6.11. The van der Waals surface area contributed by atoms with Crippen molar-refractivity contribution in [2.24, 2.45) is 5.84 Å². The third kappa shape index (κ3) is 4.64. The third-order valence-electron chi connectivity index (χ3n) is 2.79. The zero-order valence-electron chi connectivity index (χ0n) is 10.5. The minimum atomic E-state index is 0.133. The zero-order chi connectivity index (χ0) is 12.7. The molecule has 0 amide bonds. The van der Waals surface area contributed by atoms with Crippen molar-refractivity contribution in [2.75, 3.05) is 13.2 Å². The molecule has 1 atom stereocenters. The van der Waals surface area contributed by atoms with Crippen LogP contribution in [0, 0.1) is 6.92 Å². The molecule has 0 bridgehead atoms. The van der Waals surface area contributed by atoms with Crippen LogP contribution in [-0.4, -0.2) is 13.2 Å². The summed E-state index contributed by atoms with van der Waals surface area (Å²) >= 11 is 6.11. The van der Waals surface area contributed by atoms with Crippen LogP contribution < -0.4 is 11.3 Å². The lowest BCUT2D eigenvalue weighted by molar-refractivity contribution is 0.141. The molecule has 0 saturated carbocycles. The first-order valence-corrected chi connectivity index (χ1v) is 6.36. The van der Waals surface area contributed by atoms with Crippen molar-refractivity contribution >= 4 is 11.6 Å². The van der Waals surface area contributed by atoms with Gasteiger partial charge in [-0.3, -0.25) is 11.3 Å². The van der Waals surface area contributed by atoms with Crippen LogP contribution in [0.4, 0.5) is 0 Å². The van der Waals surface area contributed by atoms with Crippen molar-refractivity contribution < 1.29 is 4.74 Å². The van der Waals surface area contributed by atoms with Crippen LogP contribution in [0.3, 0.4) is 0 Å². The topological polar surface area (TPSA) is 47.3 Å². The first kappa shape index (κ1) is 14.5. The quantitative estimate of drug-likeness (QED) is 0.448. The van der Waals surface area contributed by atoms with Gasteiger partial charge in [0.15, 0.2) is 0 Å². The lowest BCUT2D eigenvalue weighted by atomic mass is 10.0. The van der Waals surface area contributed by atoms with Crippen LogP contribution in [0.2, 0.25) is 5.02 Å². The summed E-state index contributed by atoms with van der Waals surface area (Å²) in [7, 11) is 0. The highest BCUT2D eigenvalue weighted by atomic mass is 35.5. The summed E-state index contributed by atoms with van der Waals surface area (Å²) in [5.74, 6) is 5.57. The normalized spacial score (nSPS) is 12.7. The second kappa shape index (κ2) is 7.67. The number of rotatable bonds is 7. The van der Waals surface area contributed by atoms with Crippen molar-refractivity contribution in [3.63, 3.8) is 0 Å². The van der Waals surface area contributed by atoms with Gasteiger partial charge in [0, 0.05) is 24.3 Å². The molecule has 1 unspecified atom stereocenters. The van der Waals surface area contributed by atoms with Gasteiger partial charge in [0.05, 0.1) is 0 Å². The molecule has 4 heteroatoms. The van der Waals surface area contributed by atoms with Gasteiger partial charge in [0.2, 0.25) is 0 Å². The first-order chi connectivity index (χ1) is 8.19. The Balaban J connectivity index is 2.56. The van der Waals surface area contributed by atoms with E-state index in [0.29, 0.717) is 0 Å². The van der Waals surface area contributed by atoms with Crippen molar-refractivity contribution in [3.05, 3.63) is 34.3 Å². The lowest BCUT2D eigenvalue weighted by Crippen LogP contribution is -2.28. The fourth-order valence-electron chi connectivity index (χ4n) is 1.71. The number of hydrogen-bond donors (Lipinski definition) is 2. The highest BCUT2D eigenvalue weighted by Crippen LogP contribution is 2.23. The van der Waals surface area contributed by atoms with Crippen LogP contribution in [-0.2, 0) is 4.74 Å². The van der Waals surface area contributed by atoms with E-state index in [1.807, 2.05) is 26.0 Å². The van der Waals surface area contributed by atoms with Crippen molar-refractivity contribution in [1.82, 2.24) is 5.43 Å². The van der Waals surface area contributed by atoms with Gasteiger partial charge in [-0.1, -0.05) is 23.7 Å². The molecule has 96 valence electrons. The Hall–Kier alpha value is -0.610. The largest absolute Gasteiger partial charge is 0.382 e. The smallest absolute Gasteiger partial charge is 0.0466 e. The molecule has 0 aliphatic rings. The minimum absolute atomic E-state index is 0.133. The summed E-state index contributed by atoms with van der Waals surface area (Å²) in [6.45, 7) is 5.52. The summed E-state index contributed by atoms with van der Waals surface area (Å²) in [5, 5.41) is 0.785. The molecule has 17 heavy (non-hydrogen) atoms. The van der Waals surface area contributed by atoms with E-state index in [2.05, 4.69) is 11.5 Å². The van der Waals surface area contributed by atoms with Crippen LogP contribution in [0.5, 0.6) is 0 Å². The SMILES string of the molecule is CCOCCCC(NN)c1ccc(C)c(Cl)c1. The molecule has 0 saturated heterocycles. The van der Waals surface area contributed by atoms with Gasteiger partial charge in [0.25, 0.3) is 0 Å². The summed E-state index contributed by atoms with van der Waals surface area (Å²) in [4.78, 5) is 0. The Morgan fingerprint density at radius 3 is 2.82 bits per heavy atom. The van der Waals surface area contributed by atoms with E-state index in [9.17, 15) is 0 Å². The second-order valence-electron chi connectivity index (χ2n) is 4.07. The molecule has 0 aliphatic heterocycles. The highest BCUT2D eigenvalue weighted by molar-refractivity contribution is 6.31. The molecule has 1 rings (SSSR count). The zero-order valence-corrected chi connectivity index (χ0v) is 11.3. The monoisotopic (exact) mass is 256 g/mol. The van der Waals surface area contributed by atoms with E-state index in [-0.39, 0.29) is 6.04 Å². The Morgan fingerprint density at radius 1 is 1.47 bits per heavy atom. The fourth-order valence-corrected chi connectivity index (χ4v) is 1.89. The molecule has 0 heterocycles. The summed E-state index contributed by atoms with van der Waals surface area (Å²) in [6.07, 6.45) is 1.92. The van der Waals surface area contributed by atoms with E-state index in [1.54, 1.807) is 0 Å². The fraction of sp³-hybridized carbons (Fsp3) is 0.538. The maximum Gasteiger partial charge on any atom is 0.0466 e. The average Bonchev–Trinajstić information content (AvgIpc) is 2.33. The van der Waals surface area contributed by atoms with Crippen LogP contribution in [0.15, 0.2) is 18.2 Å².